The van der Waals surface area contributed by atoms with Crippen LogP contribution in [0.4, 0.5) is 35.2 Å². The summed E-state index contributed by atoms with van der Waals surface area (Å²) in [5.74, 6) is 0.910. The third-order valence-corrected chi connectivity index (χ3v) is 12.1. The fourth-order valence-electron chi connectivity index (χ4n) is 7.93. The molecule has 2 aliphatic heterocycles. The number of carbonyl (C=O) groups is 3. The largest absolute Gasteiger partial charge is 0.494 e. The van der Waals surface area contributed by atoms with Gasteiger partial charge < -0.3 is 15.0 Å². The van der Waals surface area contributed by atoms with Crippen molar-refractivity contribution < 1.29 is 32.3 Å². The average Bonchev–Trinajstić information content (AvgIpc) is 3.80. The molecule has 2 N–H and O–H groups in total. The molecule has 1 aromatic carbocycles. The minimum atomic E-state index is -4.66. The Bertz CT molecular complexity index is 2280. The van der Waals surface area contributed by atoms with E-state index in [0.29, 0.717) is 35.6 Å². The number of nitrogens with one attached hydrogen (secondary N) is 2. The number of imide groups is 1. The molecular weight excluding hydrogens is 736 g/mol. The number of ether oxygens (including phenoxy) is 1. The van der Waals surface area contributed by atoms with Gasteiger partial charge in [-0.3, -0.25) is 29.1 Å². The summed E-state index contributed by atoms with van der Waals surface area (Å²) in [6, 6.07) is 8.39. The summed E-state index contributed by atoms with van der Waals surface area (Å²) in [5.41, 5.74) is 2.60. The second-order valence-corrected chi connectivity index (χ2v) is 15.4. The molecule has 55 heavy (non-hydrogen) atoms. The molecule has 1 aliphatic carbocycles. The van der Waals surface area contributed by atoms with Crippen LogP contribution < -0.4 is 25.2 Å². The Morgan fingerprint density at radius 1 is 1.04 bits per heavy atom. The molecule has 0 atom stereocenters. The Hall–Kier alpha value is -5.29. The summed E-state index contributed by atoms with van der Waals surface area (Å²) in [5, 5.41) is 6.09. The summed E-state index contributed by atoms with van der Waals surface area (Å²) < 4.78 is 47.8. The molecule has 288 valence electrons. The molecule has 1 saturated carbocycles. The third-order valence-electron chi connectivity index (χ3n) is 10.9. The number of fused-ring (bicyclic) bond motifs is 2. The predicted molar refractivity (Wildman–Crippen MR) is 202 cm³/mol. The van der Waals surface area contributed by atoms with Crippen LogP contribution >= 0.6 is 11.3 Å². The Morgan fingerprint density at radius 2 is 1.82 bits per heavy atom. The van der Waals surface area contributed by atoms with Crippen LogP contribution in [0, 0.1) is 12.8 Å². The van der Waals surface area contributed by atoms with Crippen LogP contribution in [-0.2, 0) is 11.0 Å². The predicted octanol–water partition coefficient (Wildman–Crippen LogP) is 6.47. The average molecular weight is 776 g/mol. The Labute approximate surface area is 318 Å². The lowest BCUT2D eigenvalue weighted by Crippen LogP contribution is -2.50. The van der Waals surface area contributed by atoms with E-state index in [1.807, 2.05) is 10.6 Å². The molecule has 5 aromatic rings. The van der Waals surface area contributed by atoms with Gasteiger partial charge in [-0.05, 0) is 62.8 Å². The van der Waals surface area contributed by atoms with Crippen LogP contribution in [-0.4, -0.2) is 88.5 Å². The number of anilines is 3. The van der Waals surface area contributed by atoms with E-state index in [-0.39, 0.29) is 18.0 Å². The van der Waals surface area contributed by atoms with Crippen LogP contribution in [0.15, 0.2) is 48.8 Å². The van der Waals surface area contributed by atoms with Gasteiger partial charge in [0.15, 0.2) is 0 Å². The standard InChI is InChI=1S/C38H40F3N9O4S/c1-22-28(10-12-49-33(20-42-34(22)49)50-13-11-32(51)46-37(50)53)48-16-14-47(15-17-48)21-23-6-8-24(9-7-23)36-45-27-18-29(54-2)26(19-30(27)55-36)44-35(52)25-4-3-5-31(43-25)38(39,40)41/h3-5,10,12,18-20,23-24H,6-9,11,13-17,21H2,1-2H3,(H,44,52)(H,46,51,53)/t23-,24-. The highest BCUT2D eigenvalue weighted by Gasteiger charge is 2.33. The summed E-state index contributed by atoms with van der Waals surface area (Å²) >= 11 is 1.57. The number of rotatable bonds is 8. The van der Waals surface area contributed by atoms with Crippen molar-refractivity contribution in [3.8, 4) is 5.75 Å². The third kappa shape index (κ3) is 7.42. The molecule has 6 heterocycles. The lowest BCUT2D eigenvalue weighted by molar-refractivity contribution is -0.141. The number of hydrogen-bond donors (Lipinski definition) is 2. The van der Waals surface area contributed by atoms with E-state index in [0.717, 1.165) is 103 Å². The highest BCUT2D eigenvalue weighted by Crippen LogP contribution is 2.41. The molecule has 0 spiro atoms. The highest BCUT2D eigenvalue weighted by molar-refractivity contribution is 7.18. The maximum atomic E-state index is 13.2. The number of urea groups is 1. The number of nitrogens with zero attached hydrogens (tertiary/aromatic N) is 7. The minimum Gasteiger partial charge on any atom is -0.494 e. The summed E-state index contributed by atoms with van der Waals surface area (Å²) in [6.45, 7) is 7.19. The smallest absolute Gasteiger partial charge is 0.433 e. The SMILES string of the molecule is COc1cc2nc([C@H]3CC[C@H](CN4CCN(c5ccn6c(N7CCC(=O)NC7=O)cnc6c5C)CC4)CC3)sc2cc1NC(=O)c1cccc(C(F)(F)F)n1. The van der Waals surface area contributed by atoms with Gasteiger partial charge in [-0.1, -0.05) is 6.07 Å². The van der Waals surface area contributed by atoms with Gasteiger partial charge in [0.05, 0.1) is 34.2 Å². The number of amides is 4. The van der Waals surface area contributed by atoms with Crippen LogP contribution in [0.3, 0.4) is 0 Å². The fraction of sp³-hybridized carbons (Fsp3) is 0.421. The van der Waals surface area contributed by atoms with Crippen molar-refractivity contribution >= 4 is 62.2 Å². The number of halogens is 3. The zero-order valence-corrected chi connectivity index (χ0v) is 31.2. The second-order valence-electron chi connectivity index (χ2n) is 14.3. The molecule has 3 fully saturated rings. The molecule has 3 aliphatic rings. The second kappa shape index (κ2) is 14.7. The lowest BCUT2D eigenvalue weighted by atomic mass is 9.82. The maximum Gasteiger partial charge on any atom is 0.433 e. The van der Waals surface area contributed by atoms with E-state index in [2.05, 4.69) is 43.4 Å². The number of methoxy groups -OCH3 is 1. The van der Waals surface area contributed by atoms with E-state index < -0.39 is 23.8 Å². The molecule has 0 radical (unpaired) electrons. The van der Waals surface area contributed by atoms with Crippen molar-refractivity contribution in [1.29, 1.82) is 0 Å². The van der Waals surface area contributed by atoms with Crippen LogP contribution in [0.5, 0.6) is 5.75 Å². The molecule has 8 rings (SSSR count). The number of aryl methyl sites for hydroxylation is 1. The lowest BCUT2D eigenvalue weighted by Gasteiger charge is -2.39. The van der Waals surface area contributed by atoms with Crippen LogP contribution in [0.25, 0.3) is 15.9 Å². The van der Waals surface area contributed by atoms with Gasteiger partial charge in [-0.25, -0.2) is 19.7 Å². The van der Waals surface area contributed by atoms with Gasteiger partial charge in [0.2, 0.25) is 5.91 Å². The molecule has 17 heteroatoms. The summed E-state index contributed by atoms with van der Waals surface area (Å²) in [7, 11) is 1.47. The monoisotopic (exact) mass is 775 g/mol. The van der Waals surface area contributed by atoms with E-state index >= 15 is 0 Å². The van der Waals surface area contributed by atoms with Crippen molar-refractivity contribution in [1.82, 2.24) is 29.6 Å². The molecule has 2 saturated heterocycles. The van der Waals surface area contributed by atoms with Crippen LogP contribution in [0.1, 0.15) is 64.8 Å². The zero-order chi connectivity index (χ0) is 38.4. The van der Waals surface area contributed by atoms with Crippen LogP contribution in [0.2, 0.25) is 0 Å². The first-order chi connectivity index (χ1) is 26.4. The van der Waals surface area contributed by atoms with Crippen molar-refractivity contribution in [3.63, 3.8) is 0 Å². The molecule has 13 nitrogen and oxygen atoms in total. The number of pyridine rings is 2. The first kappa shape index (κ1) is 36.7. The number of piperazine rings is 1. The summed E-state index contributed by atoms with van der Waals surface area (Å²) in [6.07, 6.45) is 3.52. The quantitative estimate of drug-likeness (QED) is 0.182. The number of thiazole rings is 1. The Morgan fingerprint density at radius 3 is 2.55 bits per heavy atom. The number of hydrogen-bond acceptors (Lipinski definition) is 10. The van der Waals surface area contributed by atoms with Crippen molar-refractivity contribution in [2.45, 2.75) is 51.1 Å². The maximum absolute atomic E-state index is 13.2. The van der Waals surface area contributed by atoms with Crippen molar-refractivity contribution in [2.75, 3.05) is 61.5 Å². The number of carbonyl (C=O) groups excluding carboxylic acids is 3. The highest BCUT2D eigenvalue weighted by atomic mass is 32.1. The van der Waals surface area contributed by atoms with E-state index in [9.17, 15) is 27.6 Å². The number of alkyl halides is 3. The van der Waals surface area contributed by atoms with Gasteiger partial charge in [-0.2, -0.15) is 13.2 Å². The Balaban J connectivity index is 0.853. The first-order valence-corrected chi connectivity index (χ1v) is 19.2. The number of aromatic nitrogens is 4. The zero-order valence-electron chi connectivity index (χ0n) is 30.4. The van der Waals surface area contributed by atoms with E-state index in [4.69, 9.17) is 9.72 Å². The first-order valence-electron chi connectivity index (χ1n) is 18.3. The molecule has 4 aromatic heterocycles. The molecular formula is C38H40F3N9O4S. The van der Waals surface area contributed by atoms with Crippen molar-refractivity contribution in [3.05, 3.63) is 70.8 Å². The molecule has 4 amide bonds. The fourth-order valence-corrected chi connectivity index (χ4v) is 9.09. The molecule has 0 bridgehead atoms. The van der Waals surface area contributed by atoms with Crippen molar-refractivity contribution in [2.24, 2.45) is 5.92 Å². The normalized spacial score (nSPS) is 19.9. The van der Waals surface area contributed by atoms with Gasteiger partial charge in [0, 0.05) is 75.1 Å². The topological polar surface area (TPSA) is 137 Å². The Kier molecular flexibility index (Phi) is 9.83. The van der Waals surface area contributed by atoms with Gasteiger partial charge >= 0.3 is 12.2 Å². The number of benzene rings is 1. The van der Waals surface area contributed by atoms with Gasteiger partial charge in [0.1, 0.15) is 28.6 Å². The summed E-state index contributed by atoms with van der Waals surface area (Å²) in [4.78, 5) is 56.6. The molecule has 0 unspecified atom stereocenters. The van der Waals surface area contributed by atoms with Gasteiger partial charge in [0.25, 0.3) is 5.91 Å². The minimum absolute atomic E-state index is 0.255. The van der Waals surface area contributed by atoms with E-state index in [1.54, 1.807) is 34.6 Å². The van der Waals surface area contributed by atoms with Gasteiger partial charge in [-0.15, -0.1) is 11.3 Å². The number of imidazole rings is 1. The van der Waals surface area contributed by atoms with E-state index in [1.165, 1.54) is 13.2 Å².